The van der Waals surface area contributed by atoms with Crippen molar-refractivity contribution in [2.75, 3.05) is 97.4 Å². The molecule has 9 N–H and O–H groups in total. The number of nitrogens with one attached hydrogen (secondary N) is 6. The monoisotopic (exact) mass is 1750 g/mol. The summed E-state index contributed by atoms with van der Waals surface area (Å²) in [5.74, 6) is 0.508. The third-order valence-corrected chi connectivity index (χ3v) is 33.9. The van der Waals surface area contributed by atoms with Gasteiger partial charge in [0.05, 0.1) is 66.0 Å². The van der Waals surface area contributed by atoms with Crippen molar-refractivity contribution in [2.45, 2.75) is 201 Å². The number of rotatable bonds is 17. The Morgan fingerprint density at radius 3 is 1.31 bits per heavy atom. The molecular weight excluding hydrogens is 1640 g/mol. The number of hydroxylamine groups is 6. The van der Waals surface area contributed by atoms with Crippen LogP contribution in [-0.4, -0.2) is 259 Å². The number of methoxy groups -OCH3 is 2. The standard InChI is InChI=1S/C26H44N6O7Si2.C21H19ClO2.C15H20N6O5.C14H18N6O6.C4H8O/c1-14(2)40(15(3)4)35-12-26-11-31(10)37-20(21(26)38-41(39-40,16(5)6)17(7)8)24(36-26)32-13-27-19-22(32)29-25(28-18(9)33)30-23(19)34;1-23-19-12-8-17(9-13-19)21(22,16-6-4-3-5-7-16)18-10-14-20(24-2)15-11-18;1-4-15-5-20(3)26-9(10(15)23)13(25-15)21-6-16-8-11(21)18-14(17-7(2)22)19-12(8)24;1-6(22)16-13-17-10-7(11(24)18-13)15-5-20(10)12-8-9(23)14(4-21,25-12)3-19(2)26-8;1-2-4-5-3-1/h13-17,20-21,24H,11-12H2,1-10H3,(H2,28,29,30,33,34);3-15H,1-2H3;6,9-10,13,23H,4-5H2,1-3H3,(H2,17,18,19,22,24);5,8-9,12,21,23H,3-4H2,1-2H3,(H2,16,17,18,22,24);1-4H2/t20?,21-,24-,26-;;9?,10-,13-,15+;8?,9-,12-,14-;/m1.11./s1. The maximum absolute atomic E-state index is 12.8. The van der Waals surface area contributed by atoms with Crippen LogP contribution in [0.5, 0.6) is 11.5 Å². The highest BCUT2D eigenvalue weighted by atomic mass is 35.5. The summed E-state index contributed by atoms with van der Waals surface area (Å²) in [6, 6.07) is 25.8. The lowest BCUT2D eigenvalue weighted by Gasteiger charge is -2.55. The molecule has 0 saturated carbocycles. The van der Waals surface area contributed by atoms with E-state index in [1.54, 1.807) is 47.6 Å². The minimum absolute atomic E-state index is 0.0153. The Labute approximate surface area is 709 Å². The van der Waals surface area contributed by atoms with E-state index < -0.39 is 123 Å². The third-order valence-electron chi connectivity index (χ3n) is 23.0. The molecule has 8 saturated heterocycles. The Morgan fingerprint density at radius 2 is 0.934 bits per heavy atom. The van der Waals surface area contributed by atoms with Crippen molar-refractivity contribution >= 4 is 97.8 Å². The molecule has 660 valence electrons. The van der Waals surface area contributed by atoms with Crippen molar-refractivity contribution in [2.24, 2.45) is 0 Å². The van der Waals surface area contributed by atoms with Crippen LogP contribution in [0.15, 0.2) is 112 Å². The van der Waals surface area contributed by atoms with Gasteiger partial charge >= 0.3 is 17.1 Å². The topological polar surface area (TPSA) is 459 Å². The first-order valence-electron chi connectivity index (χ1n) is 40.5. The van der Waals surface area contributed by atoms with E-state index in [4.69, 9.17) is 67.5 Å². The van der Waals surface area contributed by atoms with Crippen LogP contribution < -0.4 is 42.1 Å². The summed E-state index contributed by atoms with van der Waals surface area (Å²) in [4.78, 5) is 121. The van der Waals surface area contributed by atoms with Gasteiger partial charge in [0.1, 0.15) is 51.5 Å². The number of fused-ring (bicyclic) bond motifs is 7. The molecule has 6 aromatic heterocycles. The molecule has 12 atom stereocenters. The number of hydrogen-bond acceptors (Lipinski definition) is 30. The van der Waals surface area contributed by atoms with Crippen LogP contribution in [0.4, 0.5) is 17.8 Å². The van der Waals surface area contributed by atoms with Gasteiger partial charge in [-0.3, -0.25) is 87.9 Å². The number of nitrogens with zero attached hydrogens (tertiary/aromatic N) is 12. The summed E-state index contributed by atoms with van der Waals surface area (Å²) < 4.78 is 61.0. The van der Waals surface area contributed by atoms with Gasteiger partial charge in [-0.05, 0) is 82.4 Å². The van der Waals surface area contributed by atoms with E-state index >= 15 is 0 Å². The number of imidazole rings is 3. The van der Waals surface area contributed by atoms with Crippen molar-refractivity contribution in [1.82, 2.24) is 73.7 Å². The van der Waals surface area contributed by atoms with Gasteiger partial charge in [0.15, 0.2) is 70.5 Å². The van der Waals surface area contributed by atoms with E-state index in [9.17, 15) is 44.1 Å². The number of halogens is 1. The number of carbonyl (C=O) groups excluding carboxylic acids is 3. The lowest BCUT2D eigenvalue weighted by atomic mass is 9.84. The van der Waals surface area contributed by atoms with E-state index in [1.807, 2.05) is 92.8 Å². The summed E-state index contributed by atoms with van der Waals surface area (Å²) >= 11 is 7.22. The Balaban J connectivity index is 0.000000140. The van der Waals surface area contributed by atoms with Gasteiger partial charge < -0.3 is 56.7 Å². The number of benzene rings is 3. The molecular formula is C80H109ClN18O21Si2. The number of hydrogen-bond donors (Lipinski definition) is 9. The first kappa shape index (κ1) is 90.5. The molecule has 8 aliphatic heterocycles. The minimum Gasteiger partial charge on any atom is -0.497 e. The smallest absolute Gasteiger partial charge is 0.335 e. The Kier molecular flexibility index (Phi) is 27.1. The van der Waals surface area contributed by atoms with Crippen LogP contribution >= 0.6 is 11.6 Å². The highest BCUT2D eigenvalue weighted by Crippen LogP contribution is 2.55. The lowest BCUT2D eigenvalue weighted by Crippen LogP contribution is -2.71. The largest absolute Gasteiger partial charge is 0.497 e. The minimum atomic E-state index is -2.95. The maximum Gasteiger partial charge on any atom is 0.335 e. The normalized spacial score (nSPS) is 26.6. The van der Waals surface area contributed by atoms with Gasteiger partial charge in [0, 0.05) is 55.1 Å². The number of aromatic amines is 3. The Bertz CT molecular complexity index is 5170. The predicted molar refractivity (Wildman–Crippen MR) is 450 cm³/mol. The van der Waals surface area contributed by atoms with Crippen LogP contribution in [0.2, 0.25) is 22.2 Å². The number of ether oxygens (including phenoxy) is 6. The van der Waals surface area contributed by atoms with E-state index in [0.29, 0.717) is 19.5 Å². The highest BCUT2D eigenvalue weighted by molar-refractivity contribution is 6.84. The fourth-order valence-corrected chi connectivity index (χ4v) is 28.8. The fraction of sp³-hybridized carbons (Fsp3) is 0.550. The second-order valence-corrected chi connectivity index (χ2v) is 42.2. The van der Waals surface area contributed by atoms with Crippen LogP contribution in [0.3, 0.4) is 0 Å². The van der Waals surface area contributed by atoms with Crippen LogP contribution in [0, 0.1) is 0 Å². The summed E-state index contributed by atoms with van der Waals surface area (Å²) in [6.07, 6.45) is 0.630. The van der Waals surface area contributed by atoms with Gasteiger partial charge in [-0.1, -0.05) is 117 Å². The second kappa shape index (κ2) is 36.5. The molecule has 42 heteroatoms. The summed E-state index contributed by atoms with van der Waals surface area (Å²) in [7, 11) is 2.88. The zero-order chi connectivity index (χ0) is 87.9. The lowest BCUT2D eigenvalue weighted by molar-refractivity contribution is -0.257. The zero-order valence-corrected chi connectivity index (χ0v) is 74.0. The molecule has 0 radical (unpaired) electrons. The average molecular weight is 1750 g/mol. The molecule has 6 bridgehead atoms. The van der Waals surface area contributed by atoms with Crippen LogP contribution in [0.25, 0.3) is 33.5 Å². The quantitative estimate of drug-likeness (QED) is 0.0254. The maximum atomic E-state index is 12.8. The molecule has 8 aliphatic rings. The summed E-state index contributed by atoms with van der Waals surface area (Å²) in [5.41, 5.74) is 0.239. The number of aliphatic hydroxyl groups is 3. The number of carbonyl (C=O) groups is 3. The summed E-state index contributed by atoms with van der Waals surface area (Å²) in [5, 5.41) is 43.3. The fourth-order valence-electron chi connectivity index (χ4n) is 17.1. The first-order valence-corrected chi connectivity index (χ1v) is 44.9. The van der Waals surface area contributed by atoms with Crippen molar-refractivity contribution in [3.8, 4) is 11.5 Å². The molecule has 0 aliphatic carbocycles. The van der Waals surface area contributed by atoms with E-state index in [2.05, 4.69) is 116 Å². The number of aromatic nitrogens is 12. The molecule has 14 heterocycles. The molecule has 3 amide bonds. The van der Waals surface area contributed by atoms with Crippen molar-refractivity contribution in [3.05, 3.63) is 146 Å². The number of anilines is 3. The Morgan fingerprint density at radius 1 is 0.557 bits per heavy atom. The molecule has 0 spiro atoms. The van der Waals surface area contributed by atoms with Gasteiger partial charge in [-0.25, -0.2) is 15.0 Å². The number of alkyl halides is 1. The van der Waals surface area contributed by atoms with Gasteiger partial charge in [-0.15, -0.1) is 11.6 Å². The van der Waals surface area contributed by atoms with Gasteiger partial charge in [-0.2, -0.15) is 30.1 Å². The van der Waals surface area contributed by atoms with Gasteiger partial charge in [0.2, 0.25) is 35.6 Å². The summed E-state index contributed by atoms with van der Waals surface area (Å²) in [6.45, 7) is 26.2. The molecule has 122 heavy (non-hydrogen) atoms. The second-order valence-electron chi connectivity index (χ2n) is 32.7. The van der Waals surface area contributed by atoms with E-state index in [0.717, 1.165) is 41.4 Å². The number of likely N-dealkylation sites (N-methyl/N-ethyl adjacent to an activating group) is 3. The van der Waals surface area contributed by atoms with Crippen molar-refractivity contribution in [1.29, 1.82) is 0 Å². The molecule has 39 nitrogen and oxygen atoms in total. The third kappa shape index (κ3) is 17.4. The SMILES string of the molecule is C1CCOC1.CC(=O)Nc1nc2c(ncn2[C@@H]2O[C@@]3(CO)CN(C)OC2[C@H]3O)c(=O)[nH]1.CC(=O)Nc1nc2c(ncn2[C@@H]2O[C@]34CO[Si](C(C)C)(C(C)C)O[Si](C(C)C)(C(C)C)O[C@@H]3C2ON(C)C4)c(=O)[nH]1.CC[C@@]12CN(C)OC([C@H](n3cnc4c(=O)[nH]c(NC(C)=O)nc43)O1)[C@H]2O.COc1ccc(C(Cl)(c2ccccc2)c2ccc(OC)cc2)cc1. The molecule has 3 unspecified atom stereocenters. The molecule has 9 aromatic rings. The van der Waals surface area contributed by atoms with Gasteiger partial charge in [0.25, 0.3) is 16.7 Å². The molecule has 8 fully saturated rings. The number of H-pyrrole nitrogens is 3. The van der Waals surface area contributed by atoms with Crippen LogP contribution in [0.1, 0.15) is 138 Å². The van der Waals surface area contributed by atoms with Crippen molar-refractivity contribution < 1.29 is 85.6 Å². The Hall–Kier alpha value is -9.20. The highest BCUT2D eigenvalue weighted by Gasteiger charge is 2.69. The molecule has 3 aromatic carbocycles. The van der Waals surface area contributed by atoms with E-state index in [-0.39, 0.29) is 98.5 Å². The average Bonchev–Trinajstić information content (AvgIpc) is 1.52. The van der Waals surface area contributed by atoms with Crippen molar-refractivity contribution in [3.63, 3.8) is 0 Å². The zero-order valence-electron chi connectivity index (χ0n) is 71.2. The molecule has 17 rings (SSSR count). The predicted octanol–water partition coefficient (Wildman–Crippen LogP) is 6.89. The number of amides is 3. The van der Waals surface area contributed by atoms with E-state index in [1.165, 1.54) is 62.2 Å². The van der Waals surface area contributed by atoms with Crippen LogP contribution in [-0.2, 0) is 65.7 Å². The first-order chi connectivity index (χ1) is 58.0. The number of aliphatic hydroxyl groups excluding tert-OH is 3.